The molecule has 1 unspecified atom stereocenters. The van der Waals surface area contributed by atoms with Crippen LogP contribution in [-0.4, -0.2) is 31.5 Å². The van der Waals surface area contributed by atoms with Crippen LogP contribution in [0.5, 0.6) is 0 Å². The molecule has 0 aliphatic heterocycles. The Kier molecular flexibility index (Phi) is 5.30. The summed E-state index contributed by atoms with van der Waals surface area (Å²) in [5.74, 6) is -0.428. The number of sulfone groups is 1. The smallest absolute Gasteiger partial charge is 0.175 e. The van der Waals surface area contributed by atoms with Crippen molar-refractivity contribution < 1.29 is 23.0 Å². The highest BCUT2D eigenvalue weighted by Gasteiger charge is 2.22. The highest BCUT2D eigenvalue weighted by molar-refractivity contribution is 7.90. The molecule has 6 heteroatoms. The van der Waals surface area contributed by atoms with Crippen LogP contribution in [0, 0.1) is 5.82 Å². The highest BCUT2D eigenvalue weighted by Crippen LogP contribution is 2.33. The van der Waals surface area contributed by atoms with Crippen LogP contribution >= 0.6 is 0 Å². The minimum Gasteiger partial charge on any atom is -0.392 e. The summed E-state index contributed by atoms with van der Waals surface area (Å²) in [6.45, 7) is -0.342. The highest BCUT2D eigenvalue weighted by atomic mass is 32.2. The number of hydrogen-bond donors (Lipinski definition) is 2. The van der Waals surface area contributed by atoms with Crippen LogP contribution < -0.4 is 0 Å². The monoisotopic (exact) mass is 336 g/mol. The molecule has 0 radical (unpaired) electrons. The Morgan fingerprint density at radius 3 is 2.35 bits per heavy atom. The van der Waals surface area contributed by atoms with Crippen molar-refractivity contribution in [1.82, 2.24) is 0 Å². The number of rotatable bonds is 5. The van der Waals surface area contributed by atoms with Crippen LogP contribution in [0.1, 0.15) is 17.2 Å². The van der Waals surface area contributed by atoms with Gasteiger partial charge >= 0.3 is 0 Å². The molecule has 2 N–H and O–H groups in total. The van der Waals surface area contributed by atoms with Gasteiger partial charge in [-0.05, 0) is 29.3 Å². The largest absolute Gasteiger partial charge is 0.392 e. The maximum atomic E-state index is 13.1. The van der Waals surface area contributed by atoms with E-state index in [4.69, 9.17) is 0 Å². The summed E-state index contributed by atoms with van der Waals surface area (Å²) in [4.78, 5) is 0.0125. The number of aliphatic hydroxyl groups is 2. The summed E-state index contributed by atoms with van der Waals surface area (Å²) in [6.07, 6.45) is 1.17. The molecule has 0 aliphatic carbocycles. The molecule has 0 heterocycles. The maximum absolute atomic E-state index is 13.1. The minimum absolute atomic E-state index is 0.0125. The second kappa shape index (κ2) is 7.04. The second-order valence-corrected chi connectivity index (χ2v) is 7.05. The summed E-state index contributed by atoms with van der Waals surface area (Å²) in [7, 11) is -3.53. The first kappa shape index (κ1) is 17.3. The van der Waals surface area contributed by atoms with Gasteiger partial charge in [-0.25, -0.2) is 12.8 Å². The van der Waals surface area contributed by atoms with Crippen LogP contribution in [0.4, 0.5) is 4.39 Å². The van der Waals surface area contributed by atoms with Gasteiger partial charge in [0.25, 0.3) is 0 Å². The molecule has 2 aromatic rings. The van der Waals surface area contributed by atoms with Crippen molar-refractivity contribution in [3.05, 3.63) is 71.6 Å². The molecule has 0 bridgehead atoms. The predicted octanol–water partition coefficient (Wildman–Crippen LogP) is 2.34. The topological polar surface area (TPSA) is 74.6 Å². The molecule has 0 saturated heterocycles. The lowest BCUT2D eigenvalue weighted by atomic mass is 9.95. The van der Waals surface area contributed by atoms with E-state index in [1.807, 2.05) is 0 Å². The van der Waals surface area contributed by atoms with E-state index < -0.39 is 21.8 Å². The molecule has 1 atom stereocenters. The van der Waals surface area contributed by atoms with E-state index in [0.717, 1.165) is 6.26 Å². The zero-order valence-electron chi connectivity index (χ0n) is 12.5. The SMILES string of the molecule is CS(=O)(=O)c1ccccc1C(O)C(=CCO)c1ccc(F)cc1. The quantitative estimate of drug-likeness (QED) is 0.879. The summed E-state index contributed by atoms with van der Waals surface area (Å²) >= 11 is 0. The minimum atomic E-state index is -3.53. The van der Waals surface area contributed by atoms with Crippen molar-refractivity contribution in [1.29, 1.82) is 0 Å². The zero-order valence-corrected chi connectivity index (χ0v) is 13.3. The lowest BCUT2D eigenvalue weighted by Gasteiger charge is -2.18. The van der Waals surface area contributed by atoms with Gasteiger partial charge in [0, 0.05) is 11.8 Å². The number of halogens is 1. The van der Waals surface area contributed by atoms with Gasteiger partial charge < -0.3 is 10.2 Å². The summed E-state index contributed by atoms with van der Waals surface area (Å²) in [5.41, 5.74) is 1.01. The molecule has 122 valence electrons. The van der Waals surface area contributed by atoms with Crippen LogP contribution in [0.2, 0.25) is 0 Å². The van der Waals surface area contributed by atoms with Gasteiger partial charge in [0.15, 0.2) is 9.84 Å². The fourth-order valence-electron chi connectivity index (χ4n) is 2.34. The van der Waals surface area contributed by atoms with E-state index in [0.29, 0.717) is 11.1 Å². The van der Waals surface area contributed by atoms with E-state index >= 15 is 0 Å². The number of benzene rings is 2. The van der Waals surface area contributed by atoms with Gasteiger partial charge in [0.2, 0.25) is 0 Å². The van der Waals surface area contributed by atoms with Crippen molar-refractivity contribution in [2.75, 3.05) is 12.9 Å². The fraction of sp³-hybridized carbons (Fsp3) is 0.176. The lowest BCUT2D eigenvalue weighted by molar-refractivity contribution is 0.233. The lowest BCUT2D eigenvalue weighted by Crippen LogP contribution is -2.09. The molecular formula is C17H17FO4S. The second-order valence-electron chi connectivity index (χ2n) is 5.06. The van der Waals surface area contributed by atoms with Gasteiger partial charge in [-0.15, -0.1) is 0 Å². The average molecular weight is 336 g/mol. The van der Waals surface area contributed by atoms with Crippen molar-refractivity contribution >= 4 is 15.4 Å². The molecule has 0 saturated carbocycles. The van der Waals surface area contributed by atoms with Gasteiger partial charge in [0.1, 0.15) is 11.9 Å². The Bertz CT molecular complexity index is 811. The number of hydrogen-bond acceptors (Lipinski definition) is 4. The van der Waals surface area contributed by atoms with Crippen LogP contribution in [0.3, 0.4) is 0 Å². The van der Waals surface area contributed by atoms with E-state index in [2.05, 4.69) is 0 Å². The molecular weight excluding hydrogens is 319 g/mol. The number of aliphatic hydroxyl groups excluding tert-OH is 2. The normalized spacial score (nSPS) is 13.8. The molecule has 0 spiro atoms. The van der Waals surface area contributed by atoms with Gasteiger partial charge in [-0.1, -0.05) is 36.4 Å². The Morgan fingerprint density at radius 1 is 1.17 bits per heavy atom. The Hall–Kier alpha value is -2.02. The average Bonchev–Trinajstić information content (AvgIpc) is 2.52. The third-order valence-electron chi connectivity index (χ3n) is 3.40. The Morgan fingerprint density at radius 2 is 1.78 bits per heavy atom. The summed E-state index contributed by atoms with van der Waals surface area (Å²) in [5, 5.41) is 19.8. The first-order valence-electron chi connectivity index (χ1n) is 6.88. The first-order chi connectivity index (χ1) is 10.8. The van der Waals surface area contributed by atoms with Crippen molar-refractivity contribution in [3.63, 3.8) is 0 Å². The third kappa shape index (κ3) is 4.04. The van der Waals surface area contributed by atoms with Crippen LogP contribution in [-0.2, 0) is 9.84 Å². The predicted molar refractivity (Wildman–Crippen MR) is 86.0 cm³/mol. The van der Waals surface area contributed by atoms with Gasteiger partial charge in [-0.3, -0.25) is 0 Å². The van der Waals surface area contributed by atoms with Crippen molar-refractivity contribution in [2.24, 2.45) is 0 Å². The van der Waals surface area contributed by atoms with E-state index in [1.165, 1.54) is 42.5 Å². The van der Waals surface area contributed by atoms with Gasteiger partial charge in [0.05, 0.1) is 11.5 Å². The molecule has 0 aliphatic rings. The van der Waals surface area contributed by atoms with E-state index in [1.54, 1.807) is 12.1 Å². The van der Waals surface area contributed by atoms with Crippen LogP contribution in [0.15, 0.2) is 59.5 Å². The van der Waals surface area contributed by atoms with E-state index in [9.17, 15) is 23.0 Å². The van der Waals surface area contributed by atoms with Gasteiger partial charge in [-0.2, -0.15) is 0 Å². The Labute approximate surface area is 134 Å². The maximum Gasteiger partial charge on any atom is 0.175 e. The molecule has 2 aromatic carbocycles. The zero-order chi connectivity index (χ0) is 17.0. The standard InChI is InChI=1S/C17H17FO4S/c1-23(21,22)16-5-3-2-4-15(16)17(20)14(10-11-19)12-6-8-13(18)9-7-12/h2-10,17,19-20H,11H2,1H3. The first-order valence-corrected chi connectivity index (χ1v) is 8.77. The molecule has 4 nitrogen and oxygen atoms in total. The van der Waals surface area contributed by atoms with E-state index in [-0.39, 0.29) is 17.1 Å². The third-order valence-corrected chi connectivity index (χ3v) is 4.57. The van der Waals surface area contributed by atoms with Crippen molar-refractivity contribution in [2.45, 2.75) is 11.0 Å². The Balaban J connectivity index is 2.54. The summed E-state index contributed by atoms with van der Waals surface area (Å²) < 4.78 is 36.9. The molecule has 0 amide bonds. The summed E-state index contributed by atoms with van der Waals surface area (Å²) in [6, 6.07) is 11.5. The molecule has 0 fully saturated rings. The molecule has 0 aromatic heterocycles. The van der Waals surface area contributed by atoms with Crippen LogP contribution in [0.25, 0.3) is 5.57 Å². The van der Waals surface area contributed by atoms with Crippen molar-refractivity contribution in [3.8, 4) is 0 Å². The molecule has 23 heavy (non-hydrogen) atoms. The molecule has 2 rings (SSSR count). The fourth-order valence-corrected chi connectivity index (χ4v) is 3.27.